The Hall–Kier alpha value is -0.930. The maximum absolute atomic E-state index is 13.1. The van der Waals surface area contributed by atoms with Crippen LogP contribution in [-0.4, -0.2) is 24.0 Å². The zero-order valence-electron chi connectivity index (χ0n) is 13.3. The van der Waals surface area contributed by atoms with Crippen LogP contribution in [0, 0.1) is 5.82 Å². The highest BCUT2D eigenvalue weighted by atomic mass is 19.1. The number of benzene rings is 1. The molecule has 3 heteroatoms. The second kappa shape index (κ2) is 7.75. The molecule has 0 aliphatic heterocycles. The Morgan fingerprint density at radius 1 is 1.10 bits per heavy atom. The van der Waals surface area contributed by atoms with Crippen molar-refractivity contribution in [1.29, 1.82) is 0 Å². The molecule has 0 spiro atoms. The van der Waals surface area contributed by atoms with Gasteiger partial charge in [0.2, 0.25) is 0 Å². The fourth-order valence-electron chi connectivity index (χ4n) is 3.06. The van der Waals surface area contributed by atoms with Crippen LogP contribution in [0.3, 0.4) is 0 Å². The summed E-state index contributed by atoms with van der Waals surface area (Å²) >= 11 is 0. The summed E-state index contributed by atoms with van der Waals surface area (Å²) in [7, 11) is 0. The molecule has 0 aliphatic carbocycles. The molecule has 1 aromatic rings. The minimum atomic E-state index is -0.465. The highest BCUT2D eigenvalue weighted by molar-refractivity contribution is 5.26. The average Bonchev–Trinajstić information content (AvgIpc) is 2.40. The Bertz CT molecular complexity index is 380. The van der Waals surface area contributed by atoms with Crippen LogP contribution in [0.2, 0.25) is 0 Å². The predicted octanol–water partition coefficient (Wildman–Crippen LogP) is 3.90. The van der Waals surface area contributed by atoms with Gasteiger partial charge in [0.1, 0.15) is 5.82 Å². The van der Waals surface area contributed by atoms with Crippen LogP contribution in [0.4, 0.5) is 4.39 Å². The largest absolute Gasteiger partial charge is 0.320 e. The molecule has 0 saturated carbocycles. The number of hydrogen-bond donors (Lipinski definition) is 1. The normalized spacial score (nSPS) is 16.1. The molecule has 0 aliphatic rings. The lowest BCUT2D eigenvalue weighted by atomic mass is 9.83. The van der Waals surface area contributed by atoms with Crippen LogP contribution in [0.25, 0.3) is 0 Å². The van der Waals surface area contributed by atoms with E-state index in [0.717, 1.165) is 37.9 Å². The number of nitrogens with zero attached hydrogens (tertiary/aromatic N) is 1. The van der Waals surface area contributed by atoms with Crippen molar-refractivity contribution >= 4 is 0 Å². The summed E-state index contributed by atoms with van der Waals surface area (Å²) in [5.41, 5.74) is 7.18. The summed E-state index contributed by atoms with van der Waals surface area (Å²) in [6.07, 6.45) is 3.23. The van der Waals surface area contributed by atoms with E-state index >= 15 is 0 Å². The smallest absolute Gasteiger partial charge is 0.123 e. The average molecular weight is 280 g/mol. The molecule has 2 atom stereocenters. The van der Waals surface area contributed by atoms with E-state index in [4.69, 9.17) is 5.73 Å². The molecule has 2 nitrogen and oxygen atoms in total. The fourth-order valence-corrected chi connectivity index (χ4v) is 3.06. The van der Waals surface area contributed by atoms with Crippen molar-refractivity contribution < 1.29 is 4.39 Å². The lowest BCUT2D eigenvalue weighted by Crippen LogP contribution is -2.54. The molecule has 0 fully saturated rings. The number of nitrogens with two attached hydrogens (primary N) is 1. The van der Waals surface area contributed by atoms with Crippen LogP contribution in [0.5, 0.6) is 0 Å². The Labute approximate surface area is 123 Å². The molecule has 0 aromatic heterocycles. The van der Waals surface area contributed by atoms with E-state index < -0.39 is 5.54 Å². The number of halogens is 1. The minimum Gasteiger partial charge on any atom is -0.320 e. The lowest BCUT2D eigenvalue weighted by Gasteiger charge is -2.42. The minimum absolute atomic E-state index is 0.212. The number of rotatable bonds is 8. The molecular weight excluding hydrogens is 251 g/mol. The summed E-state index contributed by atoms with van der Waals surface area (Å²) in [6, 6.07) is 6.89. The van der Waals surface area contributed by atoms with Gasteiger partial charge in [0.05, 0.1) is 5.54 Å². The van der Waals surface area contributed by atoms with Gasteiger partial charge < -0.3 is 5.73 Å². The van der Waals surface area contributed by atoms with Crippen LogP contribution in [-0.2, 0) is 5.54 Å². The van der Waals surface area contributed by atoms with Gasteiger partial charge in [0.25, 0.3) is 0 Å². The molecule has 2 N–H and O–H groups in total. The second-order valence-electron chi connectivity index (χ2n) is 5.75. The van der Waals surface area contributed by atoms with Gasteiger partial charge in [-0.1, -0.05) is 32.9 Å². The molecule has 0 heterocycles. The summed E-state index contributed by atoms with van der Waals surface area (Å²) in [5.74, 6) is -0.212. The van der Waals surface area contributed by atoms with E-state index in [9.17, 15) is 4.39 Å². The third kappa shape index (κ3) is 4.03. The summed E-state index contributed by atoms with van der Waals surface area (Å²) in [4.78, 5) is 2.48. The molecule has 20 heavy (non-hydrogen) atoms. The van der Waals surface area contributed by atoms with E-state index in [2.05, 4.69) is 32.6 Å². The van der Waals surface area contributed by atoms with Crippen molar-refractivity contribution in [2.24, 2.45) is 5.73 Å². The first-order valence-corrected chi connectivity index (χ1v) is 7.76. The van der Waals surface area contributed by atoms with E-state index in [1.807, 2.05) is 12.1 Å². The van der Waals surface area contributed by atoms with Crippen LogP contribution in [0.15, 0.2) is 24.3 Å². The standard InChI is InChI=1S/C17H29FN2/c1-5-12-20(13-6-2)16(7-3)17(4,19)14-8-10-15(18)11-9-14/h8-11,16H,5-7,12-13,19H2,1-4H3. The highest BCUT2D eigenvalue weighted by Gasteiger charge is 2.34. The second-order valence-corrected chi connectivity index (χ2v) is 5.75. The maximum Gasteiger partial charge on any atom is 0.123 e. The summed E-state index contributed by atoms with van der Waals surface area (Å²) < 4.78 is 13.1. The van der Waals surface area contributed by atoms with Gasteiger partial charge in [-0.2, -0.15) is 0 Å². The van der Waals surface area contributed by atoms with Gasteiger partial charge in [-0.15, -0.1) is 0 Å². The topological polar surface area (TPSA) is 29.3 Å². The predicted molar refractivity (Wildman–Crippen MR) is 84.2 cm³/mol. The van der Waals surface area contributed by atoms with Gasteiger partial charge in [-0.3, -0.25) is 4.90 Å². The first-order chi connectivity index (χ1) is 9.47. The number of hydrogen-bond acceptors (Lipinski definition) is 2. The summed E-state index contributed by atoms with van der Waals surface area (Å²) in [6.45, 7) is 10.7. The molecule has 114 valence electrons. The van der Waals surface area contributed by atoms with Gasteiger partial charge in [0, 0.05) is 6.04 Å². The van der Waals surface area contributed by atoms with Crippen LogP contribution < -0.4 is 5.73 Å². The van der Waals surface area contributed by atoms with E-state index in [-0.39, 0.29) is 11.9 Å². The Balaban J connectivity index is 3.02. The molecule has 1 rings (SSSR count). The fraction of sp³-hybridized carbons (Fsp3) is 0.647. The SMILES string of the molecule is CCCN(CCC)C(CC)C(C)(N)c1ccc(F)cc1. The van der Waals surface area contributed by atoms with Crippen LogP contribution in [0.1, 0.15) is 52.5 Å². The third-order valence-electron chi connectivity index (χ3n) is 4.01. The third-order valence-corrected chi connectivity index (χ3v) is 4.01. The summed E-state index contributed by atoms with van der Waals surface area (Å²) in [5, 5.41) is 0. The van der Waals surface area contributed by atoms with Crippen molar-refractivity contribution in [3.05, 3.63) is 35.6 Å². The van der Waals surface area contributed by atoms with E-state index in [1.54, 1.807) is 0 Å². The Morgan fingerprint density at radius 3 is 2.00 bits per heavy atom. The molecule has 0 saturated heterocycles. The molecule has 2 unspecified atom stereocenters. The van der Waals surface area contributed by atoms with E-state index in [0.29, 0.717) is 0 Å². The van der Waals surface area contributed by atoms with Crippen molar-refractivity contribution in [3.8, 4) is 0 Å². The van der Waals surface area contributed by atoms with E-state index in [1.165, 1.54) is 12.1 Å². The van der Waals surface area contributed by atoms with Gasteiger partial charge in [0.15, 0.2) is 0 Å². The van der Waals surface area contributed by atoms with Gasteiger partial charge in [-0.05, 0) is 57.0 Å². The molecule has 0 radical (unpaired) electrons. The van der Waals surface area contributed by atoms with Gasteiger partial charge in [-0.25, -0.2) is 4.39 Å². The molecule has 1 aromatic carbocycles. The molecule has 0 amide bonds. The Morgan fingerprint density at radius 2 is 1.60 bits per heavy atom. The van der Waals surface area contributed by atoms with Gasteiger partial charge >= 0.3 is 0 Å². The zero-order chi connectivity index (χ0) is 15.2. The van der Waals surface area contributed by atoms with Crippen LogP contribution >= 0.6 is 0 Å². The first kappa shape index (κ1) is 17.1. The Kier molecular flexibility index (Phi) is 6.63. The van der Waals surface area contributed by atoms with Crippen molar-refractivity contribution in [2.75, 3.05) is 13.1 Å². The highest BCUT2D eigenvalue weighted by Crippen LogP contribution is 2.28. The monoisotopic (exact) mass is 280 g/mol. The molecule has 0 bridgehead atoms. The zero-order valence-corrected chi connectivity index (χ0v) is 13.3. The maximum atomic E-state index is 13.1. The van der Waals surface area contributed by atoms with Crippen molar-refractivity contribution in [2.45, 2.75) is 58.5 Å². The first-order valence-electron chi connectivity index (χ1n) is 7.76. The van der Waals surface area contributed by atoms with Crippen molar-refractivity contribution in [3.63, 3.8) is 0 Å². The quantitative estimate of drug-likeness (QED) is 0.782. The lowest BCUT2D eigenvalue weighted by molar-refractivity contribution is 0.122. The molecular formula is C17H29FN2. The van der Waals surface area contributed by atoms with Crippen molar-refractivity contribution in [1.82, 2.24) is 4.90 Å².